The number of nitrogens with two attached hydrogens (primary N) is 1. The summed E-state index contributed by atoms with van der Waals surface area (Å²) < 4.78 is 19.1. The van der Waals surface area contributed by atoms with E-state index in [-0.39, 0.29) is 12.4 Å². The Hall–Kier alpha value is -2.17. The highest BCUT2D eigenvalue weighted by Crippen LogP contribution is 2.33. The summed E-state index contributed by atoms with van der Waals surface area (Å²) in [6.07, 6.45) is 1.67. The van der Waals surface area contributed by atoms with E-state index in [1.54, 1.807) is 30.5 Å². The fraction of sp³-hybridized carbons (Fsp3) is 0.0625. The molecule has 3 rings (SSSR count). The molecule has 0 aliphatic carbocycles. The van der Waals surface area contributed by atoms with Crippen LogP contribution in [0.3, 0.4) is 0 Å². The van der Waals surface area contributed by atoms with E-state index in [1.165, 1.54) is 12.1 Å². The molecular formula is C16H12ClFN2O. The van der Waals surface area contributed by atoms with Gasteiger partial charge in [-0.1, -0.05) is 11.6 Å². The molecule has 3 nitrogen and oxygen atoms in total. The van der Waals surface area contributed by atoms with Crippen LogP contribution in [-0.2, 0) is 6.54 Å². The summed E-state index contributed by atoms with van der Waals surface area (Å²) in [5, 5.41) is 1.40. The van der Waals surface area contributed by atoms with Gasteiger partial charge in [-0.2, -0.15) is 0 Å². The highest BCUT2D eigenvalue weighted by atomic mass is 35.5. The highest BCUT2D eigenvalue weighted by Gasteiger charge is 2.10. The first-order chi connectivity index (χ1) is 10.2. The first-order valence-corrected chi connectivity index (χ1v) is 6.76. The quantitative estimate of drug-likeness (QED) is 0.785. The van der Waals surface area contributed by atoms with Crippen molar-refractivity contribution in [2.45, 2.75) is 6.54 Å². The first-order valence-electron chi connectivity index (χ1n) is 6.38. The molecular weight excluding hydrogens is 291 g/mol. The molecule has 0 unspecified atom stereocenters. The number of aromatic nitrogens is 1. The molecule has 21 heavy (non-hydrogen) atoms. The second-order valence-electron chi connectivity index (χ2n) is 4.50. The predicted octanol–water partition coefficient (Wildman–Crippen LogP) is 4.28. The molecule has 0 saturated heterocycles. The van der Waals surface area contributed by atoms with E-state index in [2.05, 4.69) is 4.98 Å². The number of nitrogens with zero attached hydrogens (tertiary/aromatic N) is 1. The van der Waals surface area contributed by atoms with Crippen molar-refractivity contribution in [1.29, 1.82) is 0 Å². The molecule has 0 aliphatic heterocycles. The van der Waals surface area contributed by atoms with Crippen molar-refractivity contribution in [1.82, 2.24) is 4.98 Å². The van der Waals surface area contributed by atoms with Crippen LogP contribution >= 0.6 is 11.6 Å². The summed E-state index contributed by atoms with van der Waals surface area (Å²) in [4.78, 5) is 4.30. The smallest absolute Gasteiger partial charge is 0.153 e. The van der Waals surface area contributed by atoms with Crippen molar-refractivity contribution in [2.24, 2.45) is 5.73 Å². The summed E-state index contributed by atoms with van der Waals surface area (Å²) in [5.41, 5.74) is 6.87. The maximum atomic E-state index is 13.2. The fourth-order valence-electron chi connectivity index (χ4n) is 2.12. The zero-order chi connectivity index (χ0) is 14.8. The van der Waals surface area contributed by atoms with Crippen molar-refractivity contribution >= 4 is 22.5 Å². The van der Waals surface area contributed by atoms with Crippen LogP contribution in [0.15, 0.2) is 48.7 Å². The van der Waals surface area contributed by atoms with Gasteiger partial charge in [-0.15, -0.1) is 0 Å². The van der Waals surface area contributed by atoms with Crippen molar-refractivity contribution in [3.05, 3.63) is 65.1 Å². The Bertz CT molecular complexity index is 807. The summed E-state index contributed by atoms with van der Waals surface area (Å²) >= 11 is 6.15. The molecule has 0 spiro atoms. The van der Waals surface area contributed by atoms with Gasteiger partial charge in [0.2, 0.25) is 0 Å². The molecule has 1 heterocycles. The van der Waals surface area contributed by atoms with Gasteiger partial charge < -0.3 is 10.5 Å². The summed E-state index contributed by atoms with van der Waals surface area (Å²) in [7, 11) is 0. The van der Waals surface area contributed by atoms with Crippen LogP contribution in [0, 0.1) is 5.82 Å². The molecule has 2 aromatic carbocycles. The molecule has 0 bridgehead atoms. The average Bonchev–Trinajstić information content (AvgIpc) is 2.52. The molecule has 5 heteroatoms. The summed E-state index contributed by atoms with van der Waals surface area (Å²) in [5.74, 6) is 0.714. The number of ether oxygens (including phenoxy) is 1. The largest absolute Gasteiger partial charge is 0.455 e. The van der Waals surface area contributed by atoms with Crippen LogP contribution < -0.4 is 10.5 Å². The number of fused-ring (bicyclic) bond motifs is 1. The highest BCUT2D eigenvalue weighted by molar-refractivity contribution is 6.35. The number of hydrogen-bond acceptors (Lipinski definition) is 3. The Kier molecular flexibility index (Phi) is 3.73. The number of pyridine rings is 1. The predicted molar refractivity (Wildman–Crippen MR) is 81.1 cm³/mol. The van der Waals surface area contributed by atoms with Crippen molar-refractivity contribution < 1.29 is 9.13 Å². The van der Waals surface area contributed by atoms with Gasteiger partial charge in [0, 0.05) is 23.7 Å². The van der Waals surface area contributed by atoms with Crippen LogP contribution in [0.5, 0.6) is 11.5 Å². The molecule has 0 amide bonds. The lowest BCUT2D eigenvalue weighted by Crippen LogP contribution is -2.00. The molecule has 0 fully saturated rings. The van der Waals surface area contributed by atoms with Crippen molar-refractivity contribution in [3.8, 4) is 11.5 Å². The van der Waals surface area contributed by atoms with Crippen LogP contribution in [0.25, 0.3) is 10.9 Å². The normalized spacial score (nSPS) is 10.8. The van der Waals surface area contributed by atoms with Gasteiger partial charge in [0.15, 0.2) is 5.75 Å². The topological polar surface area (TPSA) is 48.1 Å². The van der Waals surface area contributed by atoms with Crippen LogP contribution in [0.2, 0.25) is 5.02 Å². The molecule has 3 aromatic rings. The van der Waals surface area contributed by atoms with E-state index in [0.29, 0.717) is 27.6 Å². The standard InChI is InChI=1S/C16H12ClFN2O/c17-13-4-6-15(16-12(13)2-1-7-20-16)21-14-5-3-11(18)8-10(14)9-19/h1-8H,9,19H2. The lowest BCUT2D eigenvalue weighted by molar-refractivity contribution is 0.478. The Balaban J connectivity index is 2.09. The Morgan fingerprint density at radius 3 is 2.76 bits per heavy atom. The first kappa shape index (κ1) is 13.8. The number of benzene rings is 2. The zero-order valence-electron chi connectivity index (χ0n) is 11.0. The van der Waals surface area contributed by atoms with Gasteiger partial charge in [-0.05, 0) is 42.5 Å². The van der Waals surface area contributed by atoms with E-state index in [4.69, 9.17) is 22.1 Å². The maximum Gasteiger partial charge on any atom is 0.153 e. The van der Waals surface area contributed by atoms with Crippen LogP contribution in [0.4, 0.5) is 4.39 Å². The minimum Gasteiger partial charge on any atom is -0.455 e. The second-order valence-corrected chi connectivity index (χ2v) is 4.91. The van der Waals surface area contributed by atoms with Gasteiger partial charge in [-0.3, -0.25) is 4.98 Å². The summed E-state index contributed by atoms with van der Waals surface area (Å²) in [6.45, 7) is 0.187. The van der Waals surface area contributed by atoms with E-state index in [1.807, 2.05) is 6.07 Å². The van der Waals surface area contributed by atoms with E-state index >= 15 is 0 Å². The molecule has 2 N–H and O–H groups in total. The third-order valence-electron chi connectivity index (χ3n) is 3.14. The third kappa shape index (κ3) is 2.68. The number of hydrogen-bond donors (Lipinski definition) is 1. The van der Waals surface area contributed by atoms with Crippen LogP contribution in [-0.4, -0.2) is 4.98 Å². The molecule has 1 aromatic heterocycles. The summed E-state index contributed by atoms with van der Waals surface area (Å²) in [6, 6.07) is 11.4. The molecule has 0 radical (unpaired) electrons. The van der Waals surface area contributed by atoms with Gasteiger partial charge in [0.25, 0.3) is 0 Å². The molecule has 0 aliphatic rings. The Morgan fingerprint density at radius 2 is 1.95 bits per heavy atom. The molecule has 0 atom stereocenters. The number of rotatable bonds is 3. The lowest BCUT2D eigenvalue weighted by atomic mass is 10.2. The van der Waals surface area contributed by atoms with E-state index in [9.17, 15) is 4.39 Å². The van der Waals surface area contributed by atoms with Gasteiger partial charge >= 0.3 is 0 Å². The minimum atomic E-state index is -0.345. The zero-order valence-corrected chi connectivity index (χ0v) is 11.8. The second kappa shape index (κ2) is 5.68. The SMILES string of the molecule is NCc1cc(F)ccc1Oc1ccc(Cl)c2cccnc12. The van der Waals surface area contributed by atoms with Gasteiger partial charge in [-0.25, -0.2) is 4.39 Å². The van der Waals surface area contributed by atoms with Crippen LogP contribution in [0.1, 0.15) is 5.56 Å². The van der Waals surface area contributed by atoms with E-state index in [0.717, 1.165) is 5.39 Å². The van der Waals surface area contributed by atoms with Gasteiger partial charge in [0.1, 0.15) is 17.1 Å². The third-order valence-corrected chi connectivity index (χ3v) is 3.47. The minimum absolute atomic E-state index is 0.187. The molecule has 106 valence electrons. The monoisotopic (exact) mass is 302 g/mol. The number of halogens is 2. The Labute approximate surface area is 126 Å². The lowest BCUT2D eigenvalue weighted by Gasteiger charge is -2.12. The fourth-order valence-corrected chi connectivity index (χ4v) is 2.34. The van der Waals surface area contributed by atoms with Crippen molar-refractivity contribution in [3.63, 3.8) is 0 Å². The molecule has 0 saturated carbocycles. The van der Waals surface area contributed by atoms with Gasteiger partial charge in [0.05, 0.1) is 5.02 Å². The van der Waals surface area contributed by atoms with E-state index < -0.39 is 0 Å². The van der Waals surface area contributed by atoms with Crippen molar-refractivity contribution in [2.75, 3.05) is 0 Å². The Morgan fingerprint density at radius 1 is 1.14 bits per heavy atom. The average molecular weight is 303 g/mol. The maximum absolute atomic E-state index is 13.2.